The summed E-state index contributed by atoms with van der Waals surface area (Å²) in [5.74, 6) is 1.62. The monoisotopic (exact) mass is 616 g/mol. The van der Waals surface area contributed by atoms with E-state index >= 15 is 0 Å². The van der Waals surface area contributed by atoms with Crippen molar-refractivity contribution in [2.75, 3.05) is 26.4 Å². The molecule has 0 saturated heterocycles. The molecule has 232 valence electrons. The Hall–Kier alpha value is -5.16. The molecule has 0 saturated carbocycles. The number of rotatable bonds is 10. The fourth-order valence-corrected chi connectivity index (χ4v) is 7.49. The number of hydrogen-bond donors (Lipinski definition) is 2. The summed E-state index contributed by atoms with van der Waals surface area (Å²) in [6.45, 7) is 1.24. The highest BCUT2D eigenvalue weighted by Gasteiger charge is 2.51. The second-order valence-electron chi connectivity index (χ2n) is 12.3. The van der Waals surface area contributed by atoms with Crippen molar-refractivity contribution in [3.05, 3.63) is 156 Å². The molecule has 2 aliphatic carbocycles. The predicted octanol–water partition coefficient (Wildman–Crippen LogP) is 8.89. The van der Waals surface area contributed by atoms with E-state index in [0.717, 1.165) is 33.8 Å². The number of hydrogen-bond acceptors (Lipinski definition) is 4. The van der Waals surface area contributed by atoms with Crippen LogP contribution < -0.4 is 9.47 Å². The van der Waals surface area contributed by atoms with Crippen LogP contribution in [0.2, 0.25) is 0 Å². The zero-order valence-corrected chi connectivity index (χ0v) is 26.2. The molecule has 0 heterocycles. The Balaban J connectivity index is 1.27. The number of benzene rings is 6. The average Bonchev–Trinajstić information content (AvgIpc) is 3.59. The van der Waals surface area contributed by atoms with Crippen LogP contribution in [-0.2, 0) is 5.41 Å². The van der Waals surface area contributed by atoms with Gasteiger partial charge in [-0.2, -0.15) is 0 Å². The van der Waals surface area contributed by atoms with Gasteiger partial charge in [-0.1, -0.05) is 97.1 Å². The average molecular weight is 617 g/mol. The van der Waals surface area contributed by atoms with Crippen LogP contribution in [0.1, 0.15) is 35.1 Å². The van der Waals surface area contributed by atoms with Gasteiger partial charge in [-0.05, 0) is 103 Å². The van der Waals surface area contributed by atoms with Crippen LogP contribution in [0, 0.1) is 0 Å². The Kier molecular flexibility index (Phi) is 7.60. The highest BCUT2D eigenvalue weighted by molar-refractivity contribution is 5.96. The molecule has 2 N–H and O–H groups in total. The topological polar surface area (TPSA) is 58.9 Å². The lowest BCUT2D eigenvalue weighted by Gasteiger charge is -2.31. The third-order valence-electron chi connectivity index (χ3n) is 9.61. The molecule has 1 spiro atoms. The quantitative estimate of drug-likeness (QED) is 0.151. The second-order valence-corrected chi connectivity index (χ2v) is 12.3. The van der Waals surface area contributed by atoms with Gasteiger partial charge in [0.25, 0.3) is 0 Å². The summed E-state index contributed by atoms with van der Waals surface area (Å²) in [5.41, 5.74) is 14.5. The van der Waals surface area contributed by atoms with Crippen molar-refractivity contribution in [3.63, 3.8) is 0 Å². The first-order valence-corrected chi connectivity index (χ1v) is 16.4. The van der Waals surface area contributed by atoms with Crippen molar-refractivity contribution in [1.82, 2.24) is 0 Å². The molecule has 0 amide bonds. The maximum Gasteiger partial charge on any atom is 0.119 e. The van der Waals surface area contributed by atoms with E-state index in [-0.39, 0.29) is 13.2 Å². The van der Waals surface area contributed by atoms with Gasteiger partial charge in [-0.3, -0.25) is 0 Å². The summed E-state index contributed by atoms with van der Waals surface area (Å²) in [6.07, 6.45) is 1.23. The second kappa shape index (κ2) is 12.2. The van der Waals surface area contributed by atoms with E-state index in [1.807, 2.05) is 24.3 Å². The first-order chi connectivity index (χ1) is 23.2. The molecule has 8 rings (SSSR count). The van der Waals surface area contributed by atoms with Gasteiger partial charge in [0.1, 0.15) is 11.5 Å². The van der Waals surface area contributed by atoms with Crippen LogP contribution in [-0.4, -0.2) is 36.6 Å². The Morgan fingerprint density at radius 1 is 0.404 bits per heavy atom. The summed E-state index contributed by atoms with van der Waals surface area (Å²) in [7, 11) is 0. The van der Waals surface area contributed by atoms with Gasteiger partial charge < -0.3 is 19.7 Å². The van der Waals surface area contributed by atoms with Crippen LogP contribution >= 0.6 is 0 Å². The first kappa shape index (κ1) is 29.3. The molecule has 0 atom stereocenters. The van der Waals surface area contributed by atoms with E-state index in [1.165, 1.54) is 44.5 Å². The maximum absolute atomic E-state index is 9.11. The van der Waals surface area contributed by atoms with E-state index < -0.39 is 5.41 Å². The summed E-state index contributed by atoms with van der Waals surface area (Å²) >= 11 is 0. The predicted molar refractivity (Wildman–Crippen MR) is 188 cm³/mol. The molecule has 6 aromatic carbocycles. The number of aliphatic hydroxyl groups excluding tert-OH is 2. The van der Waals surface area contributed by atoms with Crippen LogP contribution in [0.4, 0.5) is 0 Å². The molecule has 0 aliphatic heterocycles. The molecule has 0 unspecified atom stereocenters. The van der Waals surface area contributed by atoms with Crippen LogP contribution in [0.3, 0.4) is 0 Å². The molecule has 6 aromatic rings. The Labute approximate surface area is 275 Å². The normalized spacial score (nSPS) is 13.1. The lowest BCUT2D eigenvalue weighted by molar-refractivity contribution is 0.233. The van der Waals surface area contributed by atoms with Crippen molar-refractivity contribution in [1.29, 1.82) is 0 Å². The number of aliphatic hydroxyl groups is 2. The van der Waals surface area contributed by atoms with Gasteiger partial charge in [0, 0.05) is 26.1 Å². The van der Waals surface area contributed by atoms with Crippen molar-refractivity contribution in [2.45, 2.75) is 18.3 Å². The zero-order chi connectivity index (χ0) is 31.8. The molecule has 0 bridgehead atoms. The van der Waals surface area contributed by atoms with Crippen molar-refractivity contribution < 1.29 is 19.7 Å². The van der Waals surface area contributed by atoms with E-state index in [4.69, 9.17) is 19.7 Å². The summed E-state index contributed by atoms with van der Waals surface area (Å²) in [4.78, 5) is 0. The number of fused-ring (bicyclic) bond motifs is 10. The molecular formula is C43H36O4. The summed E-state index contributed by atoms with van der Waals surface area (Å²) < 4.78 is 11.6. The highest BCUT2D eigenvalue weighted by atomic mass is 16.5. The smallest absolute Gasteiger partial charge is 0.119 e. The molecule has 4 nitrogen and oxygen atoms in total. The highest BCUT2D eigenvalue weighted by Crippen LogP contribution is 2.63. The van der Waals surface area contributed by atoms with E-state index in [0.29, 0.717) is 26.1 Å². The Morgan fingerprint density at radius 3 is 1.21 bits per heavy atom. The fourth-order valence-electron chi connectivity index (χ4n) is 7.49. The van der Waals surface area contributed by atoms with E-state index in [9.17, 15) is 0 Å². The first-order valence-electron chi connectivity index (χ1n) is 16.4. The van der Waals surface area contributed by atoms with Gasteiger partial charge in [-0.25, -0.2) is 0 Å². The Morgan fingerprint density at radius 2 is 0.787 bits per heavy atom. The van der Waals surface area contributed by atoms with E-state index in [2.05, 4.69) is 109 Å². The summed E-state index contributed by atoms with van der Waals surface area (Å²) in [5, 5.41) is 18.2. The largest absolute Gasteiger partial charge is 0.494 e. The standard InChI is InChI=1S/C43H36O4/c44-23-5-25-46-33-17-11-29(12-18-33)31-15-21-37-35-7-1-3-9-39(35)43(41(37)27-31)40-10-4-2-8-36(40)38-22-16-32(28-42(38)43)30-13-19-34(20-14-30)47-26-6-24-45/h1-4,7-22,27-28,44-45H,5-6,23-26H2. The Bertz CT molecular complexity index is 1910. The van der Waals surface area contributed by atoms with Crippen molar-refractivity contribution >= 4 is 0 Å². The molecule has 0 radical (unpaired) electrons. The fraction of sp³-hybridized carbons (Fsp3) is 0.163. The molecule has 4 heteroatoms. The van der Waals surface area contributed by atoms with Gasteiger partial charge in [0.15, 0.2) is 0 Å². The summed E-state index contributed by atoms with van der Waals surface area (Å²) in [6, 6.07) is 48.2. The zero-order valence-electron chi connectivity index (χ0n) is 26.2. The maximum atomic E-state index is 9.11. The van der Waals surface area contributed by atoms with Crippen LogP contribution in [0.15, 0.2) is 133 Å². The van der Waals surface area contributed by atoms with Gasteiger partial charge >= 0.3 is 0 Å². The van der Waals surface area contributed by atoms with Crippen molar-refractivity contribution in [2.24, 2.45) is 0 Å². The molecular weight excluding hydrogens is 580 g/mol. The SMILES string of the molecule is OCCCOc1ccc(-c2ccc3c(c2)C2(c4ccccc4-3)c3ccccc3-c3ccc(-c4ccc(OCCCO)cc4)cc32)cc1. The van der Waals surface area contributed by atoms with Gasteiger partial charge in [-0.15, -0.1) is 0 Å². The molecule has 47 heavy (non-hydrogen) atoms. The molecule has 0 aromatic heterocycles. The van der Waals surface area contributed by atoms with Crippen LogP contribution in [0.25, 0.3) is 44.5 Å². The van der Waals surface area contributed by atoms with Crippen LogP contribution in [0.5, 0.6) is 11.5 Å². The third kappa shape index (κ3) is 4.84. The van der Waals surface area contributed by atoms with E-state index in [1.54, 1.807) is 0 Å². The minimum Gasteiger partial charge on any atom is -0.494 e. The minimum absolute atomic E-state index is 0.123. The molecule has 2 aliphatic rings. The lowest BCUT2D eigenvalue weighted by Crippen LogP contribution is -2.26. The molecule has 0 fully saturated rings. The number of ether oxygens (including phenoxy) is 2. The lowest BCUT2D eigenvalue weighted by atomic mass is 9.70. The van der Waals surface area contributed by atoms with Gasteiger partial charge in [0.2, 0.25) is 0 Å². The van der Waals surface area contributed by atoms with Gasteiger partial charge in [0.05, 0.1) is 18.6 Å². The van der Waals surface area contributed by atoms with Crippen molar-refractivity contribution in [3.8, 4) is 56.0 Å². The minimum atomic E-state index is -0.454. The third-order valence-corrected chi connectivity index (χ3v) is 9.61.